The number of rotatable bonds is 3. The van der Waals surface area contributed by atoms with E-state index in [0.29, 0.717) is 11.4 Å². The molecule has 1 aromatic carbocycles. The quantitative estimate of drug-likeness (QED) is 0.893. The van der Waals surface area contributed by atoms with Crippen LogP contribution in [0.3, 0.4) is 0 Å². The molecule has 0 heterocycles. The van der Waals surface area contributed by atoms with E-state index < -0.39 is 6.10 Å². The number of anilines is 1. The second kappa shape index (κ2) is 6.61. The number of carbonyl (C=O) groups excluding carboxylic acids is 1. The average Bonchev–Trinajstić information content (AvgIpc) is 2.47. The van der Waals surface area contributed by atoms with Crippen LogP contribution in [0.4, 0.5) is 10.5 Å². The van der Waals surface area contributed by atoms with Crippen molar-refractivity contribution in [1.29, 1.82) is 0 Å². The number of carbonyl (C=O) groups is 1. The van der Waals surface area contributed by atoms with Crippen LogP contribution < -0.4 is 10.1 Å². The van der Waals surface area contributed by atoms with E-state index in [1.807, 2.05) is 12.1 Å². The summed E-state index contributed by atoms with van der Waals surface area (Å²) in [6.45, 7) is 0. The highest BCUT2D eigenvalue weighted by Crippen LogP contribution is 2.26. The number of hydrogen-bond acceptors (Lipinski definition) is 3. The van der Waals surface area contributed by atoms with E-state index in [-0.39, 0.29) is 12.1 Å². The molecular formula is C15H22N2O3. The van der Waals surface area contributed by atoms with Gasteiger partial charge in [0.2, 0.25) is 0 Å². The second-order valence-corrected chi connectivity index (χ2v) is 5.16. The molecule has 1 fully saturated rings. The number of methoxy groups -OCH3 is 1. The van der Waals surface area contributed by atoms with Crippen LogP contribution in [0.2, 0.25) is 0 Å². The lowest BCUT2D eigenvalue weighted by Gasteiger charge is -2.35. The van der Waals surface area contributed by atoms with Crippen molar-refractivity contribution in [2.75, 3.05) is 19.5 Å². The largest absolute Gasteiger partial charge is 0.495 e. The molecule has 1 aromatic rings. The number of hydrogen-bond donors (Lipinski definition) is 2. The van der Waals surface area contributed by atoms with Gasteiger partial charge in [0.15, 0.2) is 0 Å². The Balaban J connectivity index is 2.03. The first-order chi connectivity index (χ1) is 9.63. The maximum Gasteiger partial charge on any atom is 0.322 e. The van der Waals surface area contributed by atoms with E-state index in [2.05, 4.69) is 5.32 Å². The van der Waals surface area contributed by atoms with Gasteiger partial charge in [-0.3, -0.25) is 0 Å². The molecule has 5 nitrogen and oxygen atoms in total. The molecule has 20 heavy (non-hydrogen) atoms. The van der Waals surface area contributed by atoms with E-state index in [9.17, 15) is 9.90 Å². The molecule has 0 bridgehead atoms. The number of aliphatic hydroxyl groups is 1. The van der Waals surface area contributed by atoms with E-state index in [1.165, 1.54) is 0 Å². The van der Waals surface area contributed by atoms with Gasteiger partial charge >= 0.3 is 6.03 Å². The summed E-state index contributed by atoms with van der Waals surface area (Å²) in [5.74, 6) is 0.624. The lowest BCUT2D eigenvalue weighted by atomic mass is 9.92. The zero-order chi connectivity index (χ0) is 14.5. The fraction of sp³-hybridized carbons (Fsp3) is 0.533. The normalized spacial score (nSPS) is 22.1. The van der Waals surface area contributed by atoms with Gasteiger partial charge in [-0.2, -0.15) is 0 Å². The first-order valence-corrected chi connectivity index (χ1v) is 6.98. The van der Waals surface area contributed by atoms with Crippen LogP contribution in [-0.4, -0.2) is 42.3 Å². The molecular weight excluding hydrogens is 256 g/mol. The van der Waals surface area contributed by atoms with Gasteiger partial charge in [-0.1, -0.05) is 25.0 Å². The zero-order valence-corrected chi connectivity index (χ0v) is 12.0. The van der Waals surface area contributed by atoms with Crippen LogP contribution >= 0.6 is 0 Å². The lowest BCUT2D eigenvalue weighted by Crippen LogP contribution is -2.47. The summed E-state index contributed by atoms with van der Waals surface area (Å²) >= 11 is 0. The van der Waals surface area contributed by atoms with Gasteiger partial charge < -0.3 is 20.1 Å². The number of para-hydroxylation sites is 2. The summed E-state index contributed by atoms with van der Waals surface area (Å²) in [5, 5.41) is 12.8. The van der Waals surface area contributed by atoms with Crippen molar-refractivity contribution in [3.05, 3.63) is 24.3 Å². The van der Waals surface area contributed by atoms with Gasteiger partial charge in [0.25, 0.3) is 0 Å². The van der Waals surface area contributed by atoms with E-state index in [0.717, 1.165) is 25.7 Å². The third-order valence-electron chi connectivity index (χ3n) is 3.86. The molecule has 0 aliphatic heterocycles. The highest BCUT2D eigenvalue weighted by molar-refractivity contribution is 5.91. The van der Waals surface area contributed by atoms with E-state index in [1.54, 1.807) is 31.2 Å². The van der Waals surface area contributed by atoms with Gasteiger partial charge in [0.1, 0.15) is 5.75 Å². The second-order valence-electron chi connectivity index (χ2n) is 5.16. The highest BCUT2D eigenvalue weighted by Gasteiger charge is 2.29. The summed E-state index contributed by atoms with van der Waals surface area (Å²) in [7, 11) is 3.30. The standard InChI is InChI=1S/C15H22N2O3/c1-17(12-8-4-5-9-13(12)18)15(19)16-11-7-3-6-10-14(11)20-2/h3,6-7,10,12-13,18H,4-5,8-9H2,1-2H3,(H,16,19)/t12-,13-/m1/s1. The molecule has 0 unspecified atom stereocenters. The monoisotopic (exact) mass is 278 g/mol. The minimum absolute atomic E-state index is 0.113. The van der Waals surface area contributed by atoms with Crippen LogP contribution in [0.25, 0.3) is 0 Å². The number of benzene rings is 1. The fourth-order valence-corrected chi connectivity index (χ4v) is 2.65. The predicted octanol–water partition coefficient (Wildman–Crippen LogP) is 2.46. The molecule has 0 radical (unpaired) electrons. The van der Waals surface area contributed by atoms with Crippen molar-refractivity contribution in [3.63, 3.8) is 0 Å². The molecule has 1 aliphatic carbocycles. The number of likely N-dealkylation sites (N-methyl/N-ethyl adjacent to an activating group) is 1. The Kier molecular flexibility index (Phi) is 4.84. The van der Waals surface area contributed by atoms with Gasteiger partial charge in [-0.05, 0) is 25.0 Å². The van der Waals surface area contributed by atoms with Crippen LogP contribution in [0.5, 0.6) is 5.75 Å². The maximum atomic E-state index is 12.3. The lowest BCUT2D eigenvalue weighted by molar-refractivity contribution is 0.0494. The van der Waals surface area contributed by atoms with Crippen molar-refractivity contribution < 1.29 is 14.6 Å². The minimum atomic E-state index is -0.433. The zero-order valence-electron chi connectivity index (χ0n) is 12.0. The first kappa shape index (κ1) is 14.7. The Labute approximate surface area is 119 Å². The number of aliphatic hydroxyl groups excluding tert-OH is 1. The fourth-order valence-electron chi connectivity index (χ4n) is 2.65. The smallest absolute Gasteiger partial charge is 0.322 e. The molecule has 2 rings (SSSR count). The molecule has 2 amide bonds. The molecule has 2 N–H and O–H groups in total. The molecule has 110 valence electrons. The van der Waals surface area contributed by atoms with E-state index >= 15 is 0 Å². The predicted molar refractivity (Wildman–Crippen MR) is 78.0 cm³/mol. The van der Waals surface area contributed by atoms with Crippen LogP contribution in [0, 0.1) is 0 Å². The van der Waals surface area contributed by atoms with Crippen LogP contribution in [0.15, 0.2) is 24.3 Å². The van der Waals surface area contributed by atoms with E-state index in [4.69, 9.17) is 4.74 Å². The van der Waals surface area contributed by atoms with Gasteiger partial charge in [0, 0.05) is 7.05 Å². The van der Waals surface area contributed by atoms with Gasteiger partial charge in [-0.15, -0.1) is 0 Å². The number of urea groups is 1. The molecule has 5 heteroatoms. The number of ether oxygens (including phenoxy) is 1. The topological polar surface area (TPSA) is 61.8 Å². The molecule has 1 aliphatic rings. The summed E-state index contributed by atoms with van der Waals surface area (Å²) < 4.78 is 5.21. The Morgan fingerprint density at radius 1 is 1.35 bits per heavy atom. The van der Waals surface area contributed by atoms with Crippen molar-refractivity contribution in [1.82, 2.24) is 4.90 Å². The van der Waals surface area contributed by atoms with Crippen molar-refractivity contribution >= 4 is 11.7 Å². The average molecular weight is 278 g/mol. The third-order valence-corrected chi connectivity index (χ3v) is 3.86. The van der Waals surface area contributed by atoms with Crippen molar-refractivity contribution in [3.8, 4) is 5.75 Å². The third kappa shape index (κ3) is 3.22. The summed E-state index contributed by atoms with van der Waals surface area (Å²) in [5.41, 5.74) is 0.636. The van der Waals surface area contributed by atoms with Crippen LogP contribution in [0.1, 0.15) is 25.7 Å². The van der Waals surface area contributed by atoms with Crippen molar-refractivity contribution in [2.24, 2.45) is 0 Å². The number of nitrogens with one attached hydrogen (secondary N) is 1. The maximum absolute atomic E-state index is 12.3. The Bertz CT molecular complexity index is 464. The van der Waals surface area contributed by atoms with Gasteiger partial charge in [0.05, 0.1) is 24.9 Å². The number of nitrogens with zero attached hydrogens (tertiary/aromatic N) is 1. The van der Waals surface area contributed by atoms with Gasteiger partial charge in [-0.25, -0.2) is 4.79 Å². The molecule has 0 aromatic heterocycles. The Morgan fingerprint density at radius 2 is 2.05 bits per heavy atom. The summed E-state index contributed by atoms with van der Waals surface area (Å²) in [6, 6.07) is 6.95. The van der Waals surface area contributed by atoms with Crippen LogP contribution in [-0.2, 0) is 0 Å². The molecule has 0 spiro atoms. The SMILES string of the molecule is COc1ccccc1NC(=O)N(C)[C@@H]1CCCC[C@H]1O. The molecule has 0 saturated heterocycles. The Morgan fingerprint density at radius 3 is 2.75 bits per heavy atom. The number of amides is 2. The highest BCUT2D eigenvalue weighted by atomic mass is 16.5. The first-order valence-electron chi connectivity index (χ1n) is 6.98. The Hall–Kier alpha value is -1.75. The minimum Gasteiger partial charge on any atom is -0.495 e. The molecule has 2 atom stereocenters. The summed E-state index contributed by atoms with van der Waals surface area (Å²) in [4.78, 5) is 13.9. The molecule has 1 saturated carbocycles. The summed E-state index contributed by atoms with van der Waals surface area (Å²) in [6.07, 6.45) is 3.25. The van der Waals surface area contributed by atoms with Crippen molar-refractivity contribution in [2.45, 2.75) is 37.8 Å².